The van der Waals surface area contributed by atoms with E-state index in [0.717, 1.165) is 27.4 Å². The van der Waals surface area contributed by atoms with Gasteiger partial charge in [0, 0.05) is 12.1 Å². The van der Waals surface area contributed by atoms with Crippen molar-refractivity contribution >= 4 is 52.7 Å². The molecule has 7 heteroatoms. The maximum absolute atomic E-state index is 11.9. The highest BCUT2D eigenvalue weighted by molar-refractivity contribution is 14.0. The van der Waals surface area contributed by atoms with Gasteiger partial charge in [-0.1, -0.05) is 30.3 Å². The summed E-state index contributed by atoms with van der Waals surface area (Å²) < 4.78 is 5.71. The van der Waals surface area contributed by atoms with E-state index in [2.05, 4.69) is 5.32 Å². The van der Waals surface area contributed by atoms with Crippen molar-refractivity contribution < 1.29 is 9.53 Å². The van der Waals surface area contributed by atoms with E-state index in [0.29, 0.717) is 19.4 Å². The van der Waals surface area contributed by atoms with Crippen molar-refractivity contribution in [3.63, 3.8) is 0 Å². The Morgan fingerprint density at radius 3 is 2.43 bits per heavy atom. The first-order valence-electron chi connectivity index (χ1n) is 8.63. The molecule has 146 valence electrons. The highest BCUT2D eigenvalue weighted by atomic mass is 127. The van der Waals surface area contributed by atoms with Crippen LogP contribution in [0.4, 0.5) is 5.69 Å². The Kier molecular flexibility index (Phi) is 8.46. The molecule has 1 heterocycles. The maximum Gasteiger partial charge on any atom is 0.224 e. The molecule has 0 fully saturated rings. The number of thiophene rings is 1. The molecule has 0 aliphatic carbocycles. The summed E-state index contributed by atoms with van der Waals surface area (Å²) in [7, 11) is 0. The Morgan fingerprint density at radius 1 is 1.07 bits per heavy atom. The summed E-state index contributed by atoms with van der Waals surface area (Å²) >= 11 is 1.46. The van der Waals surface area contributed by atoms with Crippen LogP contribution in [0.1, 0.15) is 17.7 Å². The normalized spacial score (nSPS) is 10.0. The van der Waals surface area contributed by atoms with Crippen molar-refractivity contribution in [3.8, 4) is 16.9 Å². The van der Waals surface area contributed by atoms with Crippen molar-refractivity contribution in [1.29, 1.82) is 5.41 Å². The van der Waals surface area contributed by atoms with E-state index in [9.17, 15) is 4.79 Å². The molecule has 3 rings (SSSR count). The minimum absolute atomic E-state index is 0. The van der Waals surface area contributed by atoms with Crippen LogP contribution in [0.2, 0.25) is 0 Å². The lowest BCUT2D eigenvalue weighted by Gasteiger charge is -2.08. The molecule has 0 aliphatic heterocycles. The molecule has 1 aromatic heterocycles. The van der Waals surface area contributed by atoms with Gasteiger partial charge in [0.25, 0.3) is 0 Å². The van der Waals surface area contributed by atoms with Crippen LogP contribution >= 0.6 is 35.3 Å². The van der Waals surface area contributed by atoms with Crippen LogP contribution in [-0.2, 0) is 4.79 Å². The van der Waals surface area contributed by atoms with Crippen LogP contribution in [-0.4, -0.2) is 18.3 Å². The van der Waals surface area contributed by atoms with Gasteiger partial charge in [-0.3, -0.25) is 10.2 Å². The van der Waals surface area contributed by atoms with Crippen LogP contribution in [0.25, 0.3) is 11.1 Å². The van der Waals surface area contributed by atoms with E-state index in [1.165, 1.54) is 11.3 Å². The largest absolute Gasteiger partial charge is 0.494 e. The summed E-state index contributed by atoms with van der Waals surface area (Å²) in [6.45, 7) is 0.481. The van der Waals surface area contributed by atoms with E-state index in [-0.39, 0.29) is 35.7 Å². The van der Waals surface area contributed by atoms with Gasteiger partial charge in [-0.05, 0) is 53.3 Å². The first kappa shape index (κ1) is 21.9. The van der Waals surface area contributed by atoms with Crippen molar-refractivity contribution in [3.05, 3.63) is 70.9 Å². The predicted octanol–water partition coefficient (Wildman–Crippen LogP) is 5.11. The Morgan fingerprint density at radius 2 is 1.79 bits per heavy atom. The van der Waals surface area contributed by atoms with Crippen molar-refractivity contribution in [2.45, 2.75) is 12.8 Å². The maximum atomic E-state index is 11.9. The Bertz CT molecular complexity index is 911. The minimum Gasteiger partial charge on any atom is -0.494 e. The zero-order valence-electron chi connectivity index (χ0n) is 15.2. The third-order valence-electron chi connectivity index (χ3n) is 3.93. The number of rotatable bonds is 8. The number of amides is 1. The number of nitrogen functional groups attached to an aromatic ring is 1. The quantitative estimate of drug-likeness (QED) is 0.171. The number of ether oxygens (including phenoxy) is 1. The molecule has 0 bridgehead atoms. The number of benzene rings is 2. The zero-order valence-corrected chi connectivity index (χ0v) is 18.3. The predicted molar refractivity (Wildman–Crippen MR) is 126 cm³/mol. The fraction of sp³-hybridized carbons (Fsp3) is 0.143. The minimum atomic E-state index is -0.0149. The first-order chi connectivity index (χ1) is 13.1. The molecule has 0 unspecified atom stereocenters. The van der Waals surface area contributed by atoms with Gasteiger partial charge in [0.05, 0.1) is 11.5 Å². The number of carbonyl (C=O) groups is 1. The van der Waals surface area contributed by atoms with Gasteiger partial charge in [-0.2, -0.15) is 0 Å². The van der Waals surface area contributed by atoms with Crippen molar-refractivity contribution in [2.75, 3.05) is 11.9 Å². The van der Waals surface area contributed by atoms with Gasteiger partial charge >= 0.3 is 0 Å². The van der Waals surface area contributed by atoms with Gasteiger partial charge in [0.2, 0.25) is 5.91 Å². The SMILES string of the molecule is I.N=C(N)c1cc(-c2ccc(OCCCC(=O)Nc3ccccc3)cc2)cs1. The number of hydrogen-bond donors (Lipinski definition) is 3. The number of amidine groups is 1. The van der Waals surface area contributed by atoms with E-state index in [4.69, 9.17) is 15.9 Å². The lowest BCUT2D eigenvalue weighted by atomic mass is 10.1. The summed E-state index contributed by atoms with van der Waals surface area (Å²) in [4.78, 5) is 12.6. The topological polar surface area (TPSA) is 88.2 Å². The Labute approximate surface area is 185 Å². The molecule has 4 N–H and O–H groups in total. The molecular formula is C21H22IN3O2S. The fourth-order valence-electron chi connectivity index (χ4n) is 2.54. The van der Waals surface area contributed by atoms with E-state index in [1.54, 1.807) is 0 Å². The highest BCUT2D eigenvalue weighted by Gasteiger charge is 2.06. The van der Waals surface area contributed by atoms with Crippen LogP contribution in [0, 0.1) is 5.41 Å². The summed E-state index contributed by atoms with van der Waals surface area (Å²) in [6, 6.07) is 19.1. The third-order valence-corrected chi connectivity index (χ3v) is 4.89. The molecule has 0 aliphatic rings. The lowest BCUT2D eigenvalue weighted by Crippen LogP contribution is -2.12. The van der Waals surface area contributed by atoms with Gasteiger partial charge in [-0.25, -0.2) is 0 Å². The average Bonchev–Trinajstić information content (AvgIpc) is 3.17. The summed E-state index contributed by atoms with van der Waals surface area (Å²) in [5.41, 5.74) is 8.40. The highest BCUT2D eigenvalue weighted by Crippen LogP contribution is 2.27. The summed E-state index contributed by atoms with van der Waals surface area (Å²) in [5.74, 6) is 0.839. The summed E-state index contributed by atoms with van der Waals surface area (Å²) in [5, 5.41) is 12.3. The number of nitrogens with two attached hydrogens (primary N) is 1. The average molecular weight is 507 g/mol. The second-order valence-corrected chi connectivity index (χ2v) is 6.92. The van der Waals surface area contributed by atoms with E-state index < -0.39 is 0 Å². The molecular weight excluding hydrogens is 485 g/mol. The number of carbonyl (C=O) groups excluding carboxylic acids is 1. The second-order valence-electron chi connectivity index (χ2n) is 6.00. The molecule has 0 saturated carbocycles. The van der Waals surface area contributed by atoms with Crippen LogP contribution in [0.3, 0.4) is 0 Å². The number of halogens is 1. The number of hydrogen-bond acceptors (Lipinski definition) is 4. The van der Waals surface area contributed by atoms with Crippen LogP contribution in [0.15, 0.2) is 66.0 Å². The fourth-order valence-corrected chi connectivity index (χ4v) is 3.32. The molecule has 0 spiro atoms. The van der Waals surface area contributed by atoms with E-state index >= 15 is 0 Å². The number of anilines is 1. The molecule has 0 saturated heterocycles. The lowest BCUT2D eigenvalue weighted by molar-refractivity contribution is -0.116. The molecule has 1 amide bonds. The van der Waals surface area contributed by atoms with Crippen LogP contribution < -0.4 is 15.8 Å². The van der Waals surface area contributed by atoms with Gasteiger partial charge in [0.1, 0.15) is 11.6 Å². The molecule has 0 radical (unpaired) electrons. The first-order valence-corrected chi connectivity index (χ1v) is 9.51. The Hall–Kier alpha value is -2.39. The summed E-state index contributed by atoms with van der Waals surface area (Å²) in [6.07, 6.45) is 1.06. The van der Waals surface area contributed by atoms with Crippen LogP contribution in [0.5, 0.6) is 5.75 Å². The van der Waals surface area contributed by atoms with E-state index in [1.807, 2.05) is 66.0 Å². The molecule has 28 heavy (non-hydrogen) atoms. The number of nitrogens with one attached hydrogen (secondary N) is 2. The number of para-hydroxylation sites is 1. The molecule has 2 aromatic carbocycles. The molecule has 3 aromatic rings. The van der Waals surface area contributed by atoms with Gasteiger partial charge < -0.3 is 15.8 Å². The standard InChI is InChI=1S/C21H21N3O2S.HI/c22-21(23)19-13-16(14-27-19)15-8-10-18(11-9-15)26-12-4-7-20(25)24-17-5-2-1-3-6-17;/h1-3,5-6,8-11,13-14H,4,7,12H2,(H3,22,23)(H,24,25);1H. The van der Waals surface area contributed by atoms with Gasteiger partial charge in [0.15, 0.2) is 0 Å². The molecule has 0 atom stereocenters. The zero-order chi connectivity index (χ0) is 19.1. The Balaban J connectivity index is 0.00000280. The second kappa shape index (κ2) is 10.8. The molecule has 5 nitrogen and oxygen atoms in total. The monoisotopic (exact) mass is 507 g/mol. The van der Waals surface area contributed by atoms with Crippen molar-refractivity contribution in [2.24, 2.45) is 5.73 Å². The van der Waals surface area contributed by atoms with Crippen molar-refractivity contribution in [1.82, 2.24) is 0 Å². The van der Waals surface area contributed by atoms with Gasteiger partial charge in [-0.15, -0.1) is 35.3 Å². The smallest absolute Gasteiger partial charge is 0.224 e. The third kappa shape index (κ3) is 6.35.